The summed E-state index contributed by atoms with van der Waals surface area (Å²) < 4.78 is 11.1. The van der Waals surface area contributed by atoms with Gasteiger partial charge in [0.25, 0.3) is 0 Å². The number of fused-ring (bicyclic) bond motifs is 2. The van der Waals surface area contributed by atoms with Crippen molar-refractivity contribution in [1.29, 1.82) is 0 Å². The maximum Gasteiger partial charge on any atom is 0.249 e. The van der Waals surface area contributed by atoms with E-state index in [4.69, 9.17) is 9.47 Å². The number of rotatable bonds is 3. The minimum Gasteiger partial charge on any atom is -0.486 e. The molecule has 2 N–H and O–H groups in total. The van der Waals surface area contributed by atoms with Gasteiger partial charge in [-0.1, -0.05) is 6.92 Å². The topological polar surface area (TPSA) is 71.0 Å². The summed E-state index contributed by atoms with van der Waals surface area (Å²) in [5, 5.41) is 12.4. The average Bonchev–Trinajstić information content (AvgIpc) is 2.48. The molecule has 6 heteroatoms. The Hall–Kier alpha value is -1.95. The number of hydrogen-bond acceptors (Lipinski definition) is 5. The van der Waals surface area contributed by atoms with Gasteiger partial charge in [0, 0.05) is 18.7 Å². The maximum atomic E-state index is 12.4. The number of aliphatic hydroxyl groups excluding tert-OH is 1. The number of aliphatic hydroxyl groups is 1. The van der Waals surface area contributed by atoms with Gasteiger partial charge in [0.1, 0.15) is 19.3 Å². The van der Waals surface area contributed by atoms with E-state index in [1.54, 1.807) is 11.0 Å². The molecule has 0 saturated heterocycles. The molecule has 1 aromatic carbocycles. The van der Waals surface area contributed by atoms with Crippen LogP contribution in [-0.4, -0.2) is 43.4 Å². The van der Waals surface area contributed by atoms with Crippen molar-refractivity contribution in [2.45, 2.75) is 19.4 Å². The quantitative estimate of drug-likeness (QED) is 0.862. The highest BCUT2D eigenvalue weighted by Gasteiger charge is 2.32. The van der Waals surface area contributed by atoms with Gasteiger partial charge in [0.05, 0.1) is 18.0 Å². The summed E-state index contributed by atoms with van der Waals surface area (Å²) in [6, 6.07) is 3.40. The minimum atomic E-state index is -0.267. The van der Waals surface area contributed by atoms with Crippen molar-refractivity contribution in [3.63, 3.8) is 0 Å². The number of benzene rings is 1. The van der Waals surface area contributed by atoms with Crippen LogP contribution in [0.5, 0.6) is 11.5 Å². The lowest BCUT2D eigenvalue weighted by Crippen LogP contribution is -2.48. The van der Waals surface area contributed by atoms with Crippen molar-refractivity contribution in [2.24, 2.45) is 0 Å². The first-order valence-corrected chi connectivity index (χ1v) is 6.87. The van der Waals surface area contributed by atoms with Crippen molar-refractivity contribution in [1.82, 2.24) is 0 Å². The van der Waals surface area contributed by atoms with Gasteiger partial charge in [0.15, 0.2) is 11.5 Å². The molecule has 2 aliphatic heterocycles. The first-order valence-electron chi connectivity index (χ1n) is 6.87. The fourth-order valence-electron chi connectivity index (χ4n) is 2.58. The van der Waals surface area contributed by atoms with Gasteiger partial charge >= 0.3 is 0 Å². The molecule has 2 aliphatic rings. The molecule has 0 spiro atoms. The molecule has 2 heterocycles. The Kier molecular flexibility index (Phi) is 3.40. The van der Waals surface area contributed by atoms with E-state index in [2.05, 4.69) is 5.32 Å². The van der Waals surface area contributed by atoms with Crippen LogP contribution in [0.4, 0.5) is 11.4 Å². The molecule has 0 aromatic heterocycles. The highest BCUT2D eigenvalue weighted by atomic mass is 16.6. The standard InChI is InChI=1S/C14H18N2O4/c1-2-9-14(18)16(3-4-17)11-8-13-12(7-10(11)15-9)19-5-6-20-13/h7-9,15,17H,2-6H2,1H3. The Bertz CT molecular complexity index is 532. The number of nitrogens with zero attached hydrogens (tertiary/aromatic N) is 1. The van der Waals surface area contributed by atoms with Crippen molar-refractivity contribution in [3.05, 3.63) is 12.1 Å². The SMILES string of the molecule is CCC1Nc2cc3c(cc2N(CCO)C1=O)OCCO3. The number of carbonyl (C=O) groups excluding carboxylic acids is 1. The first-order chi connectivity index (χ1) is 9.74. The van der Waals surface area contributed by atoms with Crippen molar-refractivity contribution < 1.29 is 19.4 Å². The van der Waals surface area contributed by atoms with Crippen LogP contribution in [-0.2, 0) is 4.79 Å². The highest BCUT2D eigenvalue weighted by Crippen LogP contribution is 2.42. The van der Waals surface area contributed by atoms with Gasteiger partial charge in [-0.05, 0) is 6.42 Å². The minimum absolute atomic E-state index is 0.0225. The average molecular weight is 278 g/mol. The number of β-amino-alcohol motifs (C(OH)–C–C–N with tert-alkyl or cyclic N) is 1. The van der Waals surface area contributed by atoms with E-state index in [0.29, 0.717) is 31.1 Å². The zero-order valence-electron chi connectivity index (χ0n) is 11.4. The molecule has 0 fully saturated rings. The zero-order valence-corrected chi connectivity index (χ0v) is 11.4. The molecular formula is C14H18N2O4. The van der Waals surface area contributed by atoms with Gasteiger partial charge in [-0.25, -0.2) is 0 Å². The Balaban J connectivity index is 2.04. The third kappa shape index (κ3) is 2.06. The van der Waals surface area contributed by atoms with E-state index in [9.17, 15) is 9.90 Å². The first kappa shape index (κ1) is 13.1. The molecule has 1 atom stereocenters. The molecule has 20 heavy (non-hydrogen) atoms. The molecule has 0 radical (unpaired) electrons. The third-order valence-electron chi connectivity index (χ3n) is 3.58. The normalized spacial score (nSPS) is 20.4. The van der Waals surface area contributed by atoms with Crippen molar-refractivity contribution >= 4 is 17.3 Å². The number of amides is 1. The molecule has 3 rings (SSSR count). The van der Waals surface area contributed by atoms with E-state index in [0.717, 1.165) is 11.4 Å². The maximum absolute atomic E-state index is 12.4. The summed E-state index contributed by atoms with van der Waals surface area (Å²) in [6.45, 7) is 3.20. The highest BCUT2D eigenvalue weighted by molar-refractivity contribution is 6.05. The van der Waals surface area contributed by atoms with Crippen LogP contribution < -0.4 is 19.7 Å². The second kappa shape index (κ2) is 5.20. The second-order valence-electron chi connectivity index (χ2n) is 4.83. The molecule has 6 nitrogen and oxygen atoms in total. The van der Waals surface area contributed by atoms with E-state index in [-0.39, 0.29) is 25.1 Å². The largest absolute Gasteiger partial charge is 0.486 e. The molecule has 0 aliphatic carbocycles. The summed E-state index contributed by atoms with van der Waals surface area (Å²) in [5.74, 6) is 1.31. The Morgan fingerprint density at radius 2 is 2.05 bits per heavy atom. The van der Waals surface area contributed by atoms with E-state index >= 15 is 0 Å². The predicted octanol–water partition coefficient (Wildman–Crippen LogP) is 0.987. The number of ether oxygens (including phenoxy) is 2. The number of carbonyl (C=O) groups is 1. The predicted molar refractivity (Wildman–Crippen MR) is 74.6 cm³/mol. The monoisotopic (exact) mass is 278 g/mol. The smallest absolute Gasteiger partial charge is 0.249 e. The van der Waals surface area contributed by atoms with Gasteiger partial charge in [-0.2, -0.15) is 0 Å². The van der Waals surface area contributed by atoms with Gasteiger partial charge < -0.3 is 24.8 Å². The lowest BCUT2D eigenvalue weighted by atomic mass is 10.1. The lowest BCUT2D eigenvalue weighted by Gasteiger charge is -2.35. The molecule has 108 valence electrons. The summed E-state index contributed by atoms with van der Waals surface area (Å²) in [7, 11) is 0. The van der Waals surface area contributed by atoms with Crippen LogP contribution in [0.2, 0.25) is 0 Å². The summed E-state index contributed by atoms with van der Waals surface area (Å²) in [5.41, 5.74) is 1.58. The van der Waals surface area contributed by atoms with Crippen LogP contribution in [0.1, 0.15) is 13.3 Å². The fraction of sp³-hybridized carbons (Fsp3) is 0.500. The van der Waals surface area contributed by atoms with E-state index in [1.165, 1.54) is 0 Å². The van der Waals surface area contributed by atoms with Crippen LogP contribution in [0.15, 0.2) is 12.1 Å². The lowest BCUT2D eigenvalue weighted by molar-refractivity contribution is -0.119. The van der Waals surface area contributed by atoms with Crippen LogP contribution >= 0.6 is 0 Å². The van der Waals surface area contributed by atoms with Gasteiger partial charge in [-0.15, -0.1) is 0 Å². The molecule has 0 bridgehead atoms. The summed E-state index contributed by atoms with van der Waals surface area (Å²) >= 11 is 0. The zero-order chi connectivity index (χ0) is 14.1. The van der Waals surface area contributed by atoms with Gasteiger partial charge in [-0.3, -0.25) is 4.79 Å². The number of anilines is 2. The molecule has 0 saturated carbocycles. The Morgan fingerprint density at radius 1 is 1.35 bits per heavy atom. The molecule has 1 amide bonds. The molecule has 1 aromatic rings. The Labute approximate surface area is 117 Å². The van der Waals surface area contributed by atoms with Crippen LogP contribution in [0.3, 0.4) is 0 Å². The number of nitrogens with one attached hydrogen (secondary N) is 1. The second-order valence-corrected chi connectivity index (χ2v) is 4.83. The van der Waals surface area contributed by atoms with E-state index < -0.39 is 0 Å². The van der Waals surface area contributed by atoms with Gasteiger partial charge in [0.2, 0.25) is 5.91 Å². The Morgan fingerprint density at radius 3 is 2.70 bits per heavy atom. The molecular weight excluding hydrogens is 260 g/mol. The number of hydrogen-bond donors (Lipinski definition) is 2. The van der Waals surface area contributed by atoms with E-state index in [1.807, 2.05) is 13.0 Å². The van der Waals surface area contributed by atoms with Crippen molar-refractivity contribution in [2.75, 3.05) is 36.6 Å². The summed E-state index contributed by atoms with van der Waals surface area (Å²) in [4.78, 5) is 14.0. The summed E-state index contributed by atoms with van der Waals surface area (Å²) in [6.07, 6.45) is 0.689. The fourth-order valence-corrected chi connectivity index (χ4v) is 2.58. The molecule has 1 unspecified atom stereocenters. The van der Waals surface area contributed by atoms with Crippen molar-refractivity contribution in [3.8, 4) is 11.5 Å². The van der Waals surface area contributed by atoms with Crippen LogP contribution in [0, 0.1) is 0 Å². The third-order valence-corrected chi connectivity index (χ3v) is 3.58. The van der Waals surface area contributed by atoms with Crippen LogP contribution in [0.25, 0.3) is 0 Å².